The molecule has 4 N–H and O–H groups in total. The van der Waals surface area contributed by atoms with E-state index in [1.807, 2.05) is 0 Å². The van der Waals surface area contributed by atoms with Gasteiger partial charge >= 0.3 is 6.09 Å². The van der Waals surface area contributed by atoms with E-state index in [0.29, 0.717) is 0 Å². The highest BCUT2D eigenvalue weighted by Gasteiger charge is 2.43. The maximum absolute atomic E-state index is 11.7. The lowest BCUT2D eigenvalue weighted by molar-refractivity contribution is -0.187. The molecule has 1 amide bonds. The average Bonchev–Trinajstić information content (AvgIpc) is 2.17. The quantitative estimate of drug-likeness (QED) is 0.422. The van der Waals surface area contributed by atoms with Crippen molar-refractivity contribution in [3.8, 4) is 0 Å². The van der Waals surface area contributed by atoms with Crippen LogP contribution in [0.2, 0.25) is 0 Å². The van der Waals surface area contributed by atoms with Crippen LogP contribution in [-0.4, -0.2) is 68.1 Å². The number of nitrogens with zero attached hydrogens (tertiary/aromatic N) is 1. The molecule has 7 heteroatoms. The Hall–Kier alpha value is -0.890. The molecule has 0 bridgehead atoms. The molecule has 0 aliphatic carbocycles. The number of β-amino-alcohol motifs (C(OH)–C–C–N with tert-alkyl or cyclic N) is 1. The fourth-order valence-electron chi connectivity index (χ4n) is 1.51. The number of ether oxygens (including phenoxy) is 1. The van der Waals surface area contributed by atoms with E-state index in [1.54, 1.807) is 20.8 Å². The number of carbonyl (C=O) groups is 1. The lowest BCUT2D eigenvalue weighted by atomic mass is 10.0. The SMILES string of the molecule is CC(C)(C)OC(=O)N1C[C@@H](O)[C@@H](O)[C@H](O)[C@@H]1O. The summed E-state index contributed by atoms with van der Waals surface area (Å²) in [6.07, 6.45) is -6.87. The van der Waals surface area contributed by atoms with Crippen LogP contribution in [0.1, 0.15) is 20.8 Å². The molecule has 7 nitrogen and oxygen atoms in total. The maximum atomic E-state index is 11.7. The van der Waals surface area contributed by atoms with E-state index in [4.69, 9.17) is 4.74 Å². The Morgan fingerprint density at radius 2 is 1.71 bits per heavy atom. The van der Waals surface area contributed by atoms with E-state index in [0.717, 1.165) is 4.90 Å². The number of rotatable bonds is 0. The molecule has 0 radical (unpaired) electrons. The first kappa shape index (κ1) is 14.2. The third-order valence-electron chi connectivity index (χ3n) is 2.38. The van der Waals surface area contributed by atoms with Crippen molar-refractivity contribution in [2.24, 2.45) is 0 Å². The number of aliphatic hydroxyl groups is 4. The summed E-state index contributed by atoms with van der Waals surface area (Å²) in [6.45, 7) is 4.67. The lowest BCUT2D eigenvalue weighted by Crippen LogP contribution is -2.63. The highest BCUT2D eigenvalue weighted by atomic mass is 16.6. The van der Waals surface area contributed by atoms with Gasteiger partial charge in [-0.05, 0) is 20.8 Å². The molecule has 1 rings (SSSR count). The van der Waals surface area contributed by atoms with Crippen LogP contribution in [0.25, 0.3) is 0 Å². The zero-order valence-electron chi connectivity index (χ0n) is 10.1. The van der Waals surface area contributed by atoms with Crippen molar-refractivity contribution in [2.45, 2.75) is 50.9 Å². The second-order valence-electron chi connectivity index (χ2n) is 5.09. The Balaban J connectivity index is 2.74. The number of hydrogen-bond donors (Lipinski definition) is 4. The Bertz CT molecular complexity index is 289. The molecule has 0 unspecified atom stereocenters. The highest BCUT2D eigenvalue weighted by molar-refractivity contribution is 5.68. The van der Waals surface area contributed by atoms with Crippen molar-refractivity contribution in [3.63, 3.8) is 0 Å². The minimum Gasteiger partial charge on any atom is -0.444 e. The summed E-state index contributed by atoms with van der Waals surface area (Å²) in [7, 11) is 0. The van der Waals surface area contributed by atoms with Crippen LogP contribution in [0.4, 0.5) is 4.79 Å². The number of aliphatic hydroxyl groups excluding tert-OH is 4. The topological polar surface area (TPSA) is 110 Å². The van der Waals surface area contributed by atoms with Gasteiger partial charge in [0.05, 0.1) is 6.54 Å². The Kier molecular flexibility index (Phi) is 3.98. The molecule has 0 saturated carbocycles. The Labute approximate surface area is 99.2 Å². The van der Waals surface area contributed by atoms with Gasteiger partial charge in [0.1, 0.15) is 23.9 Å². The molecule has 1 fully saturated rings. The first-order valence-electron chi connectivity index (χ1n) is 5.35. The van der Waals surface area contributed by atoms with Crippen LogP contribution >= 0.6 is 0 Å². The molecule has 1 saturated heterocycles. The highest BCUT2D eigenvalue weighted by Crippen LogP contribution is 2.20. The molecule has 100 valence electrons. The van der Waals surface area contributed by atoms with E-state index in [9.17, 15) is 25.2 Å². The second kappa shape index (κ2) is 4.77. The van der Waals surface area contributed by atoms with Crippen LogP contribution in [0, 0.1) is 0 Å². The number of likely N-dealkylation sites (tertiary alicyclic amines) is 1. The van der Waals surface area contributed by atoms with Gasteiger partial charge in [-0.15, -0.1) is 0 Å². The van der Waals surface area contributed by atoms with Crippen molar-refractivity contribution in [1.29, 1.82) is 0 Å². The summed E-state index contributed by atoms with van der Waals surface area (Å²) in [5, 5.41) is 37.7. The van der Waals surface area contributed by atoms with Gasteiger partial charge in [0.2, 0.25) is 0 Å². The summed E-state index contributed by atoms with van der Waals surface area (Å²) in [5.74, 6) is 0. The number of piperidine rings is 1. The molecule has 0 aromatic heterocycles. The van der Waals surface area contributed by atoms with Gasteiger partial charge in [-0.25, -0.2) is 4.79 Å². The zero-order chi connectivity index (χ0) is 13.4. The fraction of sp³-hybridized carbons (Fsp3) is 0.900. The zero-order valence-corrected chi connectivity index (χ0v) is 10.1. The van der Waals surface area contributed by atoms with Crippen LogP contribution < -0.4 is 0 Å². The third kappa shape index (κ3) is 3.29. The largest absolute Gasteiger partial charge is 0.444 e. The normalized spacial score (nSPS) is 34.6. The molecular weight excluding hydrogens is 230 g/mol. The standard InChI is InChI=1S/C10H19NO6/c1-10(2,3)17-9(16)11-4-5(12)6(13)7(14)8(11)15/h5-8,12-15H,4H2,1-3H3/t5-,6-,7+,8+/m1/s1. The van der Waals surface area contributed by atoms with E-state index < -0.39 is 36.2 Å². The van der Waals surface area contributed by atoms with E-state index in [2.05, 4.69) is 0 Å². The van der Waals surface area contributed by atoms with Gasteiger partial charge in [-0.3, -0.25) is 4.90 Å². The van der Waals surface area contributed by atoms with E-state index in [1.165, 1.54) is 0 Å². The first-order valence-corrected chi connectivity index (χ1v) is 5.35. The van der Waals surface area contributed by atoms with Crippen LogP contribution in [-0.2, 0) is 4.74 Å². The van der Waals surface area contributed by atoms with Gasteiger partial charge in [0.25, 0.3) is 0 Å². The molecule has 1 aliphatic heterocycles. The number of amides is 1. The van der Waals surface area contributed by atoms with Crippen molar-refractivity contribution >= 4 is 6.09 Å². The van der Waals surface area contributed by atoms with Gasteiger partial charge in [-0.2, -0.15) is 0 Å². The first-order chi connectivity index (χ1) is 7.63. The smallest absolute Gasteiger partial charge is 0.412 e. The van der Waals surface area contributed by atoms with Crippen molar-refractivity contribution in [2.75, 3.05) is 6.54 Å². The van der Waals surface area contributed by atoms with Crippen molar-refractivity contribution in [3.05, 3.63) is 0 Å². The fourth-order valence-corrected chi connectivity index (χ4v) is 1.51. The lowest BCUT2D eigenvalue weighted by Gasteiger charge is -2.41. The van der Waals surface area contributed by atoms with Gasteiger partial charge < -0.3 is 25.2 Å². The summed E-state index contributed by atoms with van der Waals surface area (Å²) in [4.78, 5) is 12.4. The molecule has 0 aromatic rings. The van der Waals surface area contributed by atoms with Crippen molar-refractivity contribution in [1.82, 2.24) is 4.90 Å². The van der Waals surface area contributed by atoms with Gasteiger partial charge in [0, 0.05) is 0 Å². The average molecular weight is 249 g/mol. The molecule has 17 heavy (non-hydrogen) atoms. The maximum Gasteiger partial charge on any atom is 0.412 e. The van der Waals surface area contributed by atoms with Crippen molar-refractivity contribution < 1.29 is 30.0 Å². The minimum absolute atomic E-state index is 0.297. The molecule has 1 aliphatic rings. The Morgan fingerprint density at radius 1 is 1.18 bits per heavy atom. The molecule has 0 spiro atoms. The van der Waals surface area contributed by atoms with E-state index >= 15 is 0 Å². The second-order valence-corrected chi connectivity index (χ2v) is 5.09. The summed E-state index contributed by atoms with van der Waals surface area (Å²) >= 11 is 0. The summed E-state index contributed by atoms with van der Waals surface area (Å²) < 4.78 is 5.00. The molecule has 0 aromatic carbocycles. The van der Waals surface area contributed by atoms with E-state index in [-0.39, 0.29) is 6.54 Å². The molecule has 1 heterocycles. The van der Waals surface area contributed by atoms with Gasteiger partial charge in [-0.1, -0.05) is 0 Å². The summed E-state index contributed by atoms with van der Waals surface area (Å²) in [6, 6.07) is 0. The molecular formula is C10H19NO6. The van der Waals surface area contributed by atoms with Gasteiger partial charge in [0.15, 0.2) is 6.23 Å². The number of carbonyl (C=O) groups excluding carboxylic acids is 1. The van der Waals surface area contributed by atoms with Crippen LogP contribution in [0.15, 0.2) is 0 Å². The molecule has 4 atom stereocenters. The minimum atomic E-state index is -1.62. The predicted octanol–water partition coefficient (Wildman–Crippen LogP) is -1.36. The van der Waals surface area contributed by atoms with Crippen LogP contribution in [0.5, 0.6) is 0 Å². The third-order valence-corrected chi connectivity index (χ3v) is 2.38. The van der Waals surface area contributed by atoms with Crippen LogP contribution in [0.3, 0.4) is 0 Å². The number of hydrogen-bond acceptors (Lipinski definition) is 6. The monoisotopic (exact) mass is 249 g/mol. The predicted molar refractivity (Wildman–Crippen MR) is 57.0 cm³/mol. The Morgan fingerprint density at radius 3 is 2.18 bits per heavy atom. The summed E-state index contributed by atoms with van der Waals surface area (Å²) in [5.41, 5.74) is -0.747.